The molecule has 0 aliphatic carbocycles. The molecule has 2 rings (SSSR count). The van der Waals surface area contributed by atoms with Gasteiger partial charge in [-0.15, -0.1) is 0 Å². The number of rotatable bonds is 8. The quantitative estimate of drug-likeness (QED) is 0.749. The molecule has 21 heavy (non-hydrogen) atoms. The monoisotopic (exact) mass is 287 g/mol. The van der Waals surface area contributed by atoms with Crippen molar-refractivity contribution in [3.05, 3.63) is 58.5 Å². The van der Waals surface area contributed by atoms with E-state index in [2.05, 4.69) is 17.2 Å². The van der Waals surface area contributed by atoms with E-state index in [9.17, 15) is 4.79 Å². The maximum Gasteiger partial charge on any atom is 0.270 e. The molecule has 0 atom stereocenters. The maximum atomic E-state index is 11.9. The molecule has 1 aromatic heterocycles. The summed E-state index contributed by atoms with van der Waals surface area (Å²) in [5, 5.41) is 4.11. The van der Waals surface area contributed by atoms with Crippen LogP contribution in [0.5, 0.6) is 5.75 Å². The second-order valence-electron chi connectivity index (χ2n) is 4.83. The second-order valence-corrected chi connectivity index (χ2v) is 4.83. The first-order chi connectivity index (χ1) is 10.3. The van der Waals surface area contributed by atoms with Gasteiger partial charge in [0.1, 0.15) is 12.4 Å². The van der Waals surface area contributed by atoms with Crippen molar-refractivity contribution in [1.82, 2.24) is 9.78 Å². The summed E-state index contributed by atoms with van der Waals surface area (Å²) in [4.78, 5) is 11.9. The highest BCUT2D eigenvalue weighted by Gasteiger charge is 2.01. The average molecular weight is 287 g/mol. The van der Waals surface area contributed by atoms with Crippen molar-refractivity contribution in [2.75, 3.05) is 13.2 Å². The standard InChI is InChI=1S/C16H21N3O2/c17-9-11-21-15-12-16(20)19(18-13-15)10-5-4-8-14-6-2-1-3-7-14/h1-3,6-7,12-13H,4-5,8-11,17H2. The Morgan fingerprint density at radius 2 is 2.00 bits per heavy atom. The van der Waals surface area contributed by atoms with E-state index in [1.807, 2.05) is 18.2 Å². The minimum atomic E-state index is -0.135. The third-order valence-corrected chi connectivity index (χ3v) is 3.16. The minimum Gasteiger partial charge on any atom is -0.490 e. The molecule has 0 bridgehead atoms. The van der Waals surface area contributed by atoms with E-state index in [1.165, 1.54) is 16.3 Å². The molecule has 1 aromatic carbocycles. The Morgan fingerprint density at radius 3 is 2.71 bits per heavy atom. The molecule has 0 amide bonds. The van der Waals surface area contributed by atoms with Crippen LogP contribution in [0.25, 0.3) is 0 Å². The molecule has 0 saturated heterocycles. The number of unbranched alkanes of at least 4 members (excludes halogenated alkanes) is 1. The van der Waals surface area contributed by atoms with Crippen molar-refractivity contribution in [3.8, 4) is 5.75 Å². The topological polar surface area (TPSA) is 70.1 Å². The van der Waals surface area contributed by atoms with E-state index in [0.717, 1.165) is 19.3 Å². The molecule has 0 fully saturated rings. The molecule has 2 N–H and O–H groups in total. The van der Waals surface area contributed by atoms with Crippen molar-refractivity contribution in [3.63, 3.8) is 0 Å². The van der Waals surface area contributed by atoms with Crippen molar-refractivity contribution >= 4 is 0 Å². The molecule has 5 heteroatoms. The van der Waals surface area contributed by atoms with Crippen LogP contribution in [0.2, 0.25) is 0 Å². The molecule has 5 nitrogen and oxygen atoms in total. The third-order valence-electron chi connectivity index (χ3n) is 3.16. The normalized spacial score (nSPS) is 10.5. The number of aryl methyl sites for hydroxylation is 2. The Bertz CT molecular complexity index is 596. The van der Waals surface area contributed by atoms with Crippen molar-refractivity contribution in [1.29, 1.82) is 0 Å². The fourth-order valence-corrected chi connectivity index (χ4v) is 2.08. The summed E-state index contributed by atoms with van der Waals surface area (Å²) in [5.41, 5.74) is 6.53. The van der Waals surface area contributed by atoms with Gasteiger partial charge in [-0.2, -0.15) is 5.10 Å². The van der Waals surface area contributed by atoms with Gasteiger partial charge in [-0.1, -0.05) is 30.3 Å². The number of nitrogens with two attached hydrogens (primary N) is 1. The van der Waals surface area contributed by atoms with Gasteiger partial charge in [0, 0.05) is 19.2 Å². The number of hydrogen-bond donors (Lipinski definition) is 1. The van der Waals surface area contributed by atoms with Crippen LogP contribution in [0, 0.1) is 0 Å². The fourth-order valence-electron chi connectivity index (χ4n) is 2.08. The molecule has 0 unspecified atom stereocenters. The molecule has 0 aliphatic rings. The molecule has 112 valence electrons. The Balaban J connectivity index is 1.79. The molecular weight excluding hydrogens is 266 g/mol. The molecular formula is C16H21N3O2. The first-order valence-electron chi connectivity index (χ1n) is 7.23. The molecule has 0 saturated carbocycles. The Kier molecular flexibility index (Phi) is 5.97. The number of aromatic nitrogens is 2. The Hall–Kier alpha value is -2.14. The van der Waals surface area contributed by atoms with Crippen LogP contribution >= 0.6 is 0 Å². The van der Waals surface area contributed by atoms with Crippen LogP contribution in [0.4, 0.5) is 0 Å². The molecule has 0 radical (unpaired) electrons. The molecule has 1 heterocycles. The van der Waals surface area contributed by atoms with Gasteiger partial charge >= 0.3 is 0 Å². The zero-order valence-electron chi connectivity index (χ0n) is 12.1. The lowest BCUT2D eigenvalue weighted by Gasteiger charge is -2.07. The summed E-state index contributed by atoms with van der Waals surface area (Å²) in [6.07, 6.45) is 4.54. The second kappa shape index (κ2) is 8.21. The largest absolute Gasteiger partial charge is 0.490 e. The lowest BCUT2D eigenvalue weighted by atomic mass is 10.1. The van der Waals surface area contributed by atoms with E-state index in [0.29, 0.717) is 25.4 Å². The number of benzene rings is 1. The zero-order valence-corrected chi connectivity index (χ0v) is 12.1. The van der Waals surface area contributed by atoms with Crippen LogP contribution in [0.1, 0.15) is 18.4 Å². The van der Waals surface area contributed by atoms with Gasteiger partial charge in [-0.25, -0.2) is 4.68 Å². The van der Waals surface area contributed by atoms with E-state index in [1.54, 1.807) is 6.20 Å². The first-order valence-corrected chi connectivity index (χ1v) is 7.23. The molecule has 2 aromatic rings. The maximum absolute atomic E-state index is 11.9. The Morgan fingerprint density at radius 1 is 1.19 bits per heavy atom. The number of nitrogens with zero attached hydrogens (tertiary/aromatic N) is 2. The minimum absolute atomic E-state index is 0.135. The van der Waals surface area contributed by atoms with Crippen LogP contribution in [0.15, 0.2) is 47.4 Å². The van der Waals surface area contributed by atoms with Crippen molar-refractivity contribution in [2.24, 2.45) is 5.73 Å². The van der Waals surface area contributed by atoms with Gasteiger partial charge in [0.05, 0.1) is 6.20 Å². The third kappa shape index (κ3) is 5.04. The van der Waals surface area contributed by atoms with Crippen molar-refractivity contribution in [2.45, 2.75) is 25.8 Å². The zero-order chi connectivity index (χ0) is 14.9. The fraction of sp³-hybridized carbons (Fsp3) is 0.375. The van der Waals surface area contributed by atoms with E-state index < -0.39 is 0 Å². The summed E-state index contributed by atoms with van der Waals surface area (Å²) in [6, 6.07) is 11.8. The predicted molar refractivity (Wildman–Crippen MR) is 82.4 cm³/mol. The van der Waals surface area contributed by atoms with Gasteiger partial charge in [-0.3, -0.25) is 4.79 Å². The first kappa shape index (κ1) is 15.3. The summed E-state index contributed by atoms with van der Waals surface area (Å²) in [5.74, 6) is 0.478. The van der Waals surface area contributed by atoms with Gasteiger partial charge < -0.3 is 10.5 Å². The highest BCUT2D eigenvalue weighted by atomic mass is 16.5. The summed E-state index contributed by atoms with van der Waals surface area (Å²) in [7, 11) is 0. The Labute approximate surface area is 124 Å². The summed E-state index contributed by atoms with van der Waals surface area (Å²) in [6.45, 7) is 1.44. The van der Waals surface area contributed by atoms with Crippen molar-refractivity contribution < 1.29 is 4.74 Å². The van der Waals surface area contributed by atoms with E-state index in [4.69, 9.17) is 10.5 Å². The summed E-state index contributed by atoms with van der Waals surface area (Å²) < 4.78 is 6.75. The van der Waals surface area contributed by atoms with Gasteiger partial charge in [0.15, 0.2) is 0 Å². The highest BCUT2D eigenvalue weighted by molar-refractivity contribution is 5.15. The SMILES string of the molecule is NCCOc1cnn(CCCCc2ccccc2)c(=O)c1. The molecule has 0 aliphatic heterocycles. The van der Waals surface area contributed by atoms with E-state index in [-0.39, 0.29) is 5.56 Å². The number of hydrogen-bond acceptors (Lipinski definition) is 4. The van der Waals surface area contributed by atoms with Crippen LogP contribution < -0.4 is 16.0 Å². The van der Waals surface area contributed by atoms with Crippen LogP contribution in [-0.2, 0) is 13.0 Å². The van der Waals surface area contributed by atoms with Gasteiger partial charge in [0.2, 0.25) is 0 Å². The summed E-state index contributed by atoms with van der Waals surface area (Å²) >= 11 is 0. The average Bonchev–Trinajstić information content (AvgIpc) is 2.52. The van der Waals surface area contributed by atoms with Crippen LogP contribution in [0.3, 0.4) is 0 Å². The highest BCUT2D eigenvalue weighted by Crippen LogP contribution is 2.06. The smallest absolute Gasteiger partial charge is 0.270 e. The van der Waals surface area contributed by atoms with Crippen LogP contribution in [-0.4, -0.2) is 22.9 Å². The lowest BCUT2D eigenvalue weighted by molar-refractivity contribution is 0.323. The lowest BCUT2D eigenvalue weighted by Crippen LogP contribution is -2.22. The predicted octanol–water partition coefficient (Wildman–Crippen LogP) is 1.60. The van der Waals surface area contributed by atoms with Gasteiger partial charge in [-0.05, 0) is 24.8 Å². The van der Waals surface area contributed by atoms with Gasteiger partial charge in [0.25, 0.3) is 5.56 Å². The molecule has 0 spiro atoms. The van der Waals surface area contributed by atoms with E-state index >= 15 is 0 Å². The number of ether oxygens (including phenoxy) is 1.